The summed E-state index contributed by atoms with van der Waals surface area (Å²) >= 11 is 0. The van der Waals surface area contributed by atoms with E-state index in [4.69, 9.17) is 0 Å². The van der Waals surface area contributed by atoms with Crippen LogP contribution in [0.2, 0.25) is 0 Å². The van der Waals surface area contributed by atoms with E-state index in [-0.39, 0.29) is 11.1 Å². The van der Waals surface area contributed by atoms with E-state index in [0.717, 1.165) is 16.7 Å². The van der Waals surface area contributed by atoms with Gasteiger partial charge in [0.25, 0.3) is 0 Å². The third kappa shape index (κ3) is 3.15. The summed E-state index contributed by atoms with van der Waals surface area (Å²) in [5.41, 5.74) is 3.60. The molecule has 0 aliphatic heterocycles. The van der Waals surface area contributed by atoms with Gasteiger partial charge < -0.3 is 10.2 Å². The maximum Gasteiger partial charge on any atom is 0.175 e. The average Bonchev–Trinajstić information content (AvgIpc) is 2.66. The second kappa shape index (κ2) is 6.78. The fourth-order valence-electron chi connectivity index (χ4n) is 2.75. The van der Waals surface area contributed by atoms with Gasteiger partial charge in [0.05, 0.1) is 11.6 Å². The third-order valence-electron chi connectivity index (χ3n) is 4.06. The molecule has 0 aliphatic rings. The first-order chi connectivity index (χ1) is 12.1. The molecule has 0 aromatic heterocycles. The van der Waals surface area contributed by atoms with Crippen molar-refractivity contribution < 1.29 is 10.2 Å². The van der Waals surface area contributed by atoms with Crippen LogP contribution in [0.25, 0.3) is 11.1 Å². The van der Waals surface area contributed by atoms with Gasteiger partial charge in [0, 0.05) is 12.5 Å². The van der Waals surface area contributed by atoms with E-state index >= 15 is 0 Å². The van der Waals surface area contributed by atoms with Crippen LogP contribution in [0.5, 0.6) is 11.5 Å². The standard InChI is InChI=1S/C21H14N2O2/c22-12-17-11-20(24)21(25)19(13-23)18(17)10-14-6-8-16(9-7-14)15-4-2-1-3-5-15/h1-9,11,24-25H,10H2. The highest BCUT2D eigenvalue weighted by molar-refractivity contribution is 5.65. The number of rotatable bonds is 3. The molecule has 0 unspecified atom stereocenters. The molecule has 2 N–H and O–H groups in total. The monoisotopic (exact) mass is 326 g/mol. The van der Waals surface area contributed by atoms with Crippen LogP contribution in [-0.2, 0) is 6.42 Å². The van der Waals surface area contributed by atoms with E-state index in [0.29, 0.717) is 12.0 Å². The second-order valence-electron chi connectivity index (χ2n) is 5.61. The molecule has 0 radical (unpaired) electrons. The van der Waals surface area contributed by atoms with E-state index in [1.807, 2.05) is 66.7 Å². The van der Waals surface area contributed by atoms with Gasteiger partial charge >= 0.3 is 0 Å². The minimum absolute atomic E-state index is 0.0660. The van der Waals surface area contributed by atoms with Gasteiger partial charge in [-0.25, -0.2) is 0 Å². The molecule has 0 aliphatic carbocycles. The van der Waals surface area contributed by atoms with Gasteiger partial charge in [0.2, 0.25) is 0 Å². The lowest BCUT2D eigenvalue weighted by molar-refractivity contribution is 0.402. The Kier molecular flexibility index (Phi) is 4.37. The van der Waals surface area contributed by atoms with Crippen molar-refractivity contribution in [2.75, 3.05) is 0 Å². The maximum absolute atomic E-state index is 9.89. The molecular formula is C21H14N2O2. The van der Waals surface area contributed by atoms with Gasteiger partial charge in [-0.1, -0.05) is 54.6 Å². The molecule has 0 saturated heterocycles. The van der Waals surface area contributed by atoms with Crippen LogP contribution in [0, 0.1) is 22.7 Å². The number of phenols is 2. The number of aromatic hydroxyl groups is 2. The van der Waals surface area contributed by atoms with Crippen LogP contribution in [0.1, 0.15) is 22.3 Å². The fourth-order valence-corrected chi connectivity index (χ4v) is 2.75. The summed E-state index contributed by atoms with van der Waals surface area (Å²) in [4.78, 5) is 0. The topological polar surface area (TPSA) is 88.0 Å². The average molecular weight is 326 g/mol. The van der Waals surface area contributed by atoms with Crippen molar-refractivity contribution in [2.24, 2.45) is 0 Å². The number of phenolic OH excluding ortho intramolecular Hbond substituents is 2. The Labute approximate surface area is 145 Å². The molecule has 120 valence electrons. The highest BCUT2D eigenvalue weighted by Gasteiger charge is 2.17. The van der Waals surface area contributed by atoms with E-state index < -0.39 is 11.5 Å². The number of nitrogens with zero attached hydrogens (tertiary/aromatic N) is 2. The molecule has 0 spiro atoms. The van der Waals surface area contributed by atoms with Gasteiger partial charge in [-0.15, -0.1) is 0 Å². The predicted molar refractivity (Wildman–Crippen MR) is 93.9 cm³/mol. The zero-order chi connectivity index (χ0) is 17.8. The zero-order valence-corrected chi connectivity index (χ0v) is 13.3. The Morgan fingerprint density at radius 1 is 0.800 bits per heavy atom. The van der Waals surface area contributed by atoms with Gasteiger partial charge in [-0.05, 0) is 22.3 Å². The van der Waals surface area contributed by atoms with Crippen LogP contribution in [0.15, 0.2) is 60.7 Å². The first-order valence-electron chi connectivity index (χ1n) is 7.66. The molecule has 0 bridgehead atoms. The van der Waals surface area contributed by atoms with Crippen molar-refractivity contribution in [3.63, 3.8) is 0 Å². The first-order valence-corrected chi connectivity index (χ1v) is 7.66. The van der Waals surface area contributed by atoms with E-state index in [9.17, 15) is 20.7 Å². The first kappa shape index (κ1) is 16.1. The lowest BCUT2D eigenvalue weighted by Crippen LogP contribution is -1.98. The highest BCUT2D eigenvalue weighted by atomic mass is 16.3. The van der Waals surface area contributed by atoms with Gasteiger partial charge in [0.15, 0.2) is 11.5 Å². The van der Waals surface area contributed by atoms with Crippen LogP contribution in [0.3, 0.4) is 0 Å². The second-order valence-corrected chi connectivity index (χ2v) is 5.61. The summed E-state index contributed by atoms with van der Waals surface area (Å²) < 4.78 is 0. The number of hydrogen-bond acceptors (Lipinski definition) is 4. The number of hydrogen-bond donors (Lipinski definition) is 2. The molecule has 0 fully saturated rings. The van der Waals surface area contributed by atoms with Crippen molar-refractivity contribution in [2.45, 2.75) is 6.42 Å². The van der Waals surface area contributed by atoms with E-state index in [1.54, 1.807) is 0 Å². The quantitative estimate of drug-likeness (QED) is 0.709. The molecule has 0 amide bonds. The summed E-state index contributed by atoms with van der Waals surface area (Å²) in [6, 6.07) is 22.8. The molecule has 4 heteroatoms. The fraction of sp³-hybridized carbons (Fsp3) is 0.0476. The minimum Gasteiger partial charge on any atom is -0.504 e. The molecule has 0 saturated carbocycles. The van der Waals surface area contributed by atoms with Crippen LogP contribution >= 0.6 is 0 Å². The van der Waals surface area contributed by atoms with Gasteiger partial charge in [-0.2, -0.15) is 10.5 Å². The minimum atomic E-state index is -0.489. The van der Waals surface area contributed by atoms with E-state index in [2.05, 4.69) is 0 Å². The van der Waals surface area contributed by atoms with Gasteiger partial charge in [-0.3, -0.25) is 0 Å². The Morgan fingerprint density at radius 2 is 1.44 bits per heavy atom. The third-order valence-corrected chi connectivity index (χ3v) is 4.06. The van der Waals surface area contributed by atoms with Crippen LogP contribution in [-0.4, -0.2) is 10.2 Å². The molecule has 3 rings (SSSR count). The lowest BCUT2D eigenvalue weighted by atomic mass is 9.93. The molecule has 4 nitrogen and oxygen atoms in total. The molecule has 0 atom stereocenters. The molecule has 25 heavy (non-hydrogen) atoms. The van der Waals surface area contributed by atoms with Crippen molar-refractivity contribution in [3.05, 3.63) is 82.9 Å². The summed E-state index contributed by atoms with van der Waals surface area (Å²) in [6.45, 7) is 0. The van der Waals surface area contributed by atoms with Crippen LogP contribution in [0.4, 0.5) is 0 Å². The summed E-state index contributed by atoms with van der Waals surface area (Å²) in [5.74, 6) is -0.950. The Hall–Kier alpha value is -3.76. The Morgan fingerprint density at radius 3 is 2.04 bits per heavy atom. The van der Waals surface area contributed by atoms with Crippen LogP contribution < -0.4 is 0 Å². The summed E-state index contributed by atoms with van der Waals surface area (Å²) in [7, 11) is 0. The number of nitriles is 2. The van der Waals surface area contributed by atoms with E-state index in [1.165, 1.54) is 6.07 Å². The zero-order valence-electron chi connectivity index (χ0n) is 13.3. The Balaban J connectivity index is 1.97. The molecule has 3 aromatic carbocycles. The van der Waals surface area contributed by atoms with Crippen molar-refractivity contribution in [3.8, 4) is 34.8 Å². The van der Waals surface area contributed by atoms with Crippen molar-refractivity contribution in [1.29, 1.82) is 10.5 Å². The SMILES string of the molecule is N#Cc1cc(O)c(O)c(C#N)c1Cc1ccc(-c2ccccc2)cc1. The maximum atomic E-state index is 9.89. The largest absolute Gasteiger partial charge is 0.504 e. The normalized spacial score (nSPS) is 10.0. The highest BCUT2D eigenvalue weighted by Crippen LogP contribution is 2.34. The van der Waals surface area contributed by atoms with Gasteiger partial charge in [0.1, 0.15) is 11.6 Å². The van der Waals surface area contributed by atoms with Crippen molar-refractivity contribution >= 4 is 0 Å². The number of benzene rings is 3. The summed E-state index contributed by atoms with van der Waals surface area (Å²) in [6.07, 6.45) is 0.314. The summed E-state index contributed by atoms with van der Waals surface area (Å²) in [5, 5.41) is 38.1. The van der Waals surface area contributed by atoms with Crippen molar-refractivity contribution in [1.82, 2.24) is 0 Å². The predicted octanol–water partition coefficient (Wildman–Crippen LogP) is 4.10. The smallest absolute Gasteiger partial charge is 0.175 e. The molecule has 3 aromatic rings. The Bertz CT molecular complexity index is 995. The lowest BCUT2D eigenvalue weighted by Gasteiger charge is -2.10. The molecule has 0 heterocycles. The molecular weight excluding hydrogens is 312 g/mol.